The average Bonchev–Trinajstić information content (AvgIpc) is 3.57. The second-order valence-electron chi connectivity index (χ2n) is 15.7. The van der Waals surface area contributed by atoms with Crippen LogP contribution < -0.4 is 0 Å². The van der Waals surface area contributed by atoms with Gasteiger partial charge >= 0.3 is 0 Å². The summed E-state index contributed by atoms with van der Waals surface area (Å²) >= 11 is 0. The SMILES string of the molecule is CC1(C)c2ccccc2-c2cc3c4ccccc4n(-c4cccc(-c5nc(-c6ccccc6)nc(-c6cccc(-c7ccccc7)c6)n5)c4)c3cc2C1(C)C. The van der Waals surface area contributed by atoms with Gasteiger partial charge in [0.25, 0.3) is 0 Å². The van der Waals surface area contributed by atoms with E-state index in [9.17, 15) is 0 Å². The number of benzene rings is 7. The van der Waals surface area contributed by atoms with Gasteiger partial charge in [0.2, 0.25) is 0 Å². The molecule has 1 aliphatic carbocycles. The van der Waals surface area contributed by atoms with Crippen LogP contribution in [0.4, 0.5) is 0 Å². The first-order valence-corrected chi connectivity index (χ1v) is 19.0. The van der Waals surface area contributed by atoms with Crippen LogP contribution in [0.3, 0.4) is 0 Å². The summed E-state index contributed by atoms with van der Waals surface area (Å²) in [5.74, 6) is 1.92. The lowest BCUT2D eigenvalue weighted by Crippen LogP contribution is -2.43. The van der Waals surface area contributed by atoms with Crippen molar-refractivity contribution < 1.29 is 0 Å². The molecule has 4 nitrogen and oxygen atoms in total. The smallest absolute Gasteiger partial charge is 0.164 e. The Balaban J connectivity index is 1.17. The minimum absolute atomic E-state index is 0.0610. The summed E-state index contributed by atoms with van der Waals surface area (Å²) in [7, 11) is 0. The van der Waals surface area contributed by atoms with E-state index in [2.05, 4.69) is 178 Å². The van der Waals surface area contributed by atoms with Crippen LogP contribution in [0.2, 0.25) is 0 Å². The largest absolute Gasteiger partial charge is 0.309 e. The van der Waals surface area contributed by atoms with Gasteiger partial charge in [-0.2, -0.15) is 0 Å². The molecule has 0 bridgehead atoms. The monoisotopic (exact) mass is 708 g/mol. The molecule has 0 atom stereocenters. The Hall–Kier alpha value is -6.65. The number of nitrogens with zero attached hydrogens (tertiary/aromatic N) is 4. The minimum atomic E-state index is -0.110. The highest BCUT2D eigenvalue weighted by Crippen LogP contribution is 2.55. The minimum Gasteiger partial charge on any atom is -0.309 e. The maximum Gasteiger partial charge on any atom is 0.164 e. The van der Waals surface area contributed by atoms with Crippen LogP contribution >= 0.6 is 0 Å². The molecule has 2 aromatic heterocycles. The van der Waals surface area contributed by atoms with E-state index < -0.39 is 0 Å². The normalized spacial score (nSPS) is 14.1. The summed E-state index contributed by atoms with van der Waals surface area (Å²) in [6.07, 6.45) is 0. The third-order valence-corrected chi connectivity index (χ3v) is 12.2. The molecule has 55 heavy (non-hydrogen) atoms. The topological polar surface area (TPSA) is 43.6 Å². The summed E-state index contributed by atoms with van der Waals surface area (Å²) in [6.45, 7) is 9.59. The van der Waals surface area contributed by atoms with Gasteiger partial charge in [-0.15, -0.1) is 0 Å². The van der Waals surface area contributed by atoms with Crippen molar-refractivity contribution in [3.8, 4) is 62.1 Å². The molecule has 0 spiro atoms. The summed E-state index contributed by atoms with van der Waals surface area (Å²) in [6, 6.07) is 60.3. The fourth-order valence-electron chi connectivity index (χ4n) is 8.57. The highest BCUT2D eigenvalue weighted by Gasteiger charge is 2.46. The van der Waals surface area contributed by atoms with Crippen molar-refractivity contribution in [2.75, 3.05) is 0 Å². The van der Waals surface area contributed by atoms with Crippen LogP contribution in [0.5, 0.6) is 0 Å². The number of fused-ring (bicyclic) bond motifs is 6. The van der Waals surface area contributed by atoms with Gasteiger partial charge in [-0.05, 0) is 80.6 Å². The maximum absolute atomic E-state index is 5.16. The van der Waals surface area contributed by atoms with Crippen LogP contribution in [0.25, 0.3) is 83.9 Å². The van der Waals surface area contributed by atoms with E-state index in [0.717, 1.165) is 33.5 Å². The quantitative estimate of drug-likeness (QED) is 0.179. The van der Waals surface area contributed by atoms with Crippen molar-refractivity contribution in [3.63, 3.8) is 0 Å². The lowest BCUT2D eigenvalue weighted by Gasteiger charge is -2.48. The number of rotatable bonds is 5. The molecule has 0 aliphatic heterocycles. The molecule has 0 unspecified atom stereocenters. The fraction of sp³-hybridized carbons (Fsp3) is 0.118. The van der Waals surface area contributed by atoms with Gasteiger partial charge in [0, 0.05) is 33.2 Å². The Bertz CT molecular complexity index is 2920. The Morgan fingerprint density at radius 3 is 1.65 bits per heavy atom. The predicted octanol–water partition coefficient (Wildman–Crippen LogP) is 12.9. The Kier molecular flexibility index (Phi) is 7.47. The molecular formula is C51H40N4. The summed E-state index contributed by atoms with van der Waals surface area (Å²) < 4.78 is 2.42. The first-order valence-electron chi connectivity index (χ1n) is 19.0. The second-order valence-corrected chi connectivity index (χ2v) is 15.7. The van der Waals surface area contributed by atoms with Crippen molar-refractivity contribution >= 4 is 21.8 Å². The molecule has 10 rings (SSSR count). The molecule has 0 fully saturated rings. The zero-order valence-electron chi connectivity index (χ0n) is 31.5. The van der Waals surface area contributed by atoms with Gasteiger partial charge in [0.15, 0.2) is 17.5 Å². The lowest BCUT2D eigenvalue weighted by atomic mass is 9.55. The van der Waals surface area contributed by atoms with Crippen LogP contribution in [0, 0.1) is 0 Å². The van der Waals surface area contributed by atoms with Crippen molar-refractivity contribution in [1.29, 1.82) is 0 Å². The number of para-hydroxylation sites is 1. The molecule has 0 saturated heterocycles. The number of aromatic nitrogens is 4. The first kappa shape index (κ1) is 33.0. The van der Waals surface area contributed by atoms with Crippen LogP contribution in [0.1, 0.15) is 38.8 Å². The Labute approximate surface area is 321 Å². The lowest BCUT2D eigenvalue weighted by molar-refractivity contribution is 0.299. The van der Waals surface area contributed by atoms with E-state index in [1.165, 1.54) is 44.1 Å². The number of hydrogen-bond donors (Lipinski definition) is 0. The van der Waals surface area contributed by atoms with Crippen LogP contribution in [-0.4, -0.2) is 19.5 Å². The molecule has 2 heterocycles. The molecule has 0 amide bonds. The zero-order chi connectivity index (χ0) is 37.3. The van der Waals surface area contributed by atoms with Crippen molar-refractivity contribution in [3.05, 3.63) is 181 Å². The van der Waals surface area contributed by atoms with Gasteiger partial charge in [-0.1, -0.05) is 161 Å². The highest BCUT2D eigenvalue weighted by molar-refractivity contribution is 6.11. The van der Waals surface area contributed by atoms with E-state index in [-0.39, 0.29) is 10.8 Å². The molecule has 0 N–H and O–H groups in total. The van der Waals surface area contributed by atoms with Crippen molar-refractivity contribution in [2.24, 2.45) is 0 Å². The van der Waals surface area contributed by atoms with E-state index >= 15 is 0 Å². The molecule has 0 radical (unpaired) electrons. The van der Waals surface area contributed by atoms with Crippen LogP contribution in [-0.2, 0) is 10.8 Å². The van der Waals surface area contributed by atoms with Crippen molar-refractivity contribution in [2.45, 2.75) is 38.5 Å². The molecular weight excluding hydrogens is 669 g/mol. The van der Waals surface area contributed by atoms with Gasteiger partial charge in [0.05, 0.1) is 11.0 Å². The van der Waals surface area contributed by atoms with E-state index in [4.69, 9.17) is 15.0 Å². The average molecular weight is 709 g/mol. The van der Waals surface area contributed by atoms with E-state index in [1.54, 1.807) is 0 Å². The summed E-state index contributed by atoms with van der Waals surface area (Å²) in [4.78, 5) is 15.3. The van der Waals surface area contributed by atoms with Gasteiger partial charge in [-0.25, -0.2) is 15.0 Å². The Morgan fingerprint density at radius 2 is 0.909 bits per heavy atom. The standard InChI is InChI=1S/C51H40N4/c1-50(2)43-27-13-11-25-39(43)41-31-42-40-26-12-14-28-45(40)55(46(42)32-44(41)51(50,3)4)38-24-16-23-37(30-38)49-53-47(34-19-9-6-10-20-34)52-48(54-49)36-22-15-21-35(29-36)33-17-7-5-8-18-33/h5-32H,1-4H3. The van der Waals surface area contributed by atoms with Gasteiger partial charge in [-0.3, -0.25) is 0 Å². The zero-order valence-corrected chi connectivity index (χ0v) is 31.5. The molecule has 1 aliphatic rings. The molecule has 4 heteroatoms. The van der Waals surface area contributed by atoms with Crippen molar-refractivity contribution in [1.82, 2.24) is 19.5 Å². The fourth-order valence-corrected chi connectivity index (χ4v) is 8.57. The van der Waals surface area contributed by atoms with Gasteiger partial charge in [0.1, 0.15) is 0 Å². The maximum atomic E-state index is 5.16. The molecule has 0 saturated carbocycles. The third kappa shape index (κ3) is 5.24. The summed E-state index contributed by atoms with van der Waals surface area (Å²) in [5.41, 5.74) is 13.8. The Morgan fingerprint density at radius 1 is 0.364 bits per heavy atom. The van der Waals surface area contributed by atoms with E-state index in [1.807, 2.05) is 24.3 Å². The van der Waals surface area contributed by atoms with E-state index in [0.29, 0.717) is 17.5 Å². The predicted molar refractivity (Wildman–Crippen MR) is 227 cm³/mol. The number of hydrogen-bond acceptors (Lipinski definition) is 3. The molecule has 264 valence electrons. The molecule has 7 aromatic carbocycles. The molecule has 9 aromatic rings. The van der Waals surface area contributed by atoms with Gasteiger partial charge < -0.3 is 4.57 Å². The highest BCUT2D eigenvalue weighted by atomic mass is 15.0. The summed E-state index contributed by atoms with van der Waals surface area (Å²) in [5, 5.41) is 2.48. The first-order chi connectivity index (χ1) is 26.8. The third-order valence-electron chi connectivity index (χ3n) is 12.2. The second kappa shape index (κ2) is 12.5. The van der Waals surface area contributed by atoms with Crippen LogP contribution in [0.15, 0.2) is 170 Å².